The summed E-state index contributed by atoms with van der Waals surface area (Å²) in [6.07, 6.45) is -1.90. The van der Waals surface area contributed by atoms with Gasteiger partial charge in [0.05, 0.1) is 12.2 Å². The third kappa shape index (κ3) is 2.68. The summed E-state index contributed by atoms with van der Waals surface area (Å²) in [6, 6.07) is 0. The van der Waals surface area contributed by atoms with E-state index in [2.05, 4.69) is 9.72 Å². The van der Waals surface area contributed by atoms with Crippen LogP contribution >= 0.6 is 0 Å². The molecule has 0 spiro atoms. The zero-order valence-electron chi connectivity index (χ0n) is 9.11. The van der Waals surface area contributed by atoms with Crippen molar-refractivity contribution >= 4 is 5.97 Å². The van der Waals surface area contributed by atoms with E-state index < -0.39 is 29.4 Å². The fraction of sp³-hybridized carbons (Fsp3) is 0.400. The number of nitrogens with two attached hydrogens (primary N) is 1. The van der Waals surface area contributed by atoms with Crippen LogP contribution < -0.4 is 5.73 Å². The molecule has 94 valence electrons. The molecule has 0 aliphatic heterocycles. The summed E-state index contributed by atoms with van der Waals surface area (Å²) in [5, 5.41) is 9.57. The van der Waals surface area contributed by atoms with Crippen LogP contribution in [-0.2, 0) is 11.3 Å². The van der Waals surface area contributed by atoms with Crippen LogP contribution in [0.1, 0.15) is 35.0 Å². The standard InChI is InChI=1S/C10H12F2N2O3/c1-2-17-10(16)7-8(15)6(9(11)12)5(3-13)4-14-7/h4,9,15H,2-3,13H2,1H3. The number of aromatic hydroxyl groups is 1. The van der Waals surface area contributed by atoms with Crippen LogP contribution in [0.2, 0.25) is 0 Å². The molecular weight excluding hydrogens is 234 g/mol. The van der Waals surface area contributed by atoms with Gasteiger partial charge in [0.1, 0.15) is 0 Å². The van der Waals surface area contributed by atoms with Crippen LogP contribution in [-0.4, -0.2) is 22.7 Å². The average Bonchev–Trinajstić information content (AvgIpc) is 2.27. The van der Waals surface area contributed by atoms with Gasteiger partial charge in [-0.3, -0.25) is 0 Å². The van der Waals surface area contributed by atoms with Crippen LogP contribution in [0.5, 0.6) is 5.75 Å². The Labute approximate surface area is 96.2 Å². The molecule has 0 aliphatic rings. The van der Waals surface area contributed by atoms with Gasteiger partial charge in [0.15, 0.2) is 11.4 Å². The highest BCUT2D eigenvalue weighted by atomic mass is 19.3. The molecule has 0 saturated carbocycles. The molecule has 0 saturated heterocycles. The van der Waals surface area contributed by atoms with Crippen LogP contribution in [0, 0.1) is 0 Å². The molecule has 0 aromatic carbocycles. The smallest absolute Gasteiger partial charge is 0.360 e. The predicted molar refractivity (Wildman–Crippen MR) is 54.7 cm³/mol. The maximum absolute atomic E-state index is 12.7. The largest absolute Gasteiger partial charge is 0.505 e. The monoisotopic (exact) mass is 246 g/mol. The number of carbonyl (C=O) groups excluding carboxylic acids is 1. The lowest BCUT2D eigenvalue weighted by atomic mass is 10.1. The minimum atomic E-state index is -2.94. The van der Waals surface area contributed by atoms with Gasteiger partial charge in [-0.1, -0.05) is 0 Å². The van der Waals surface area contributed by atoms with Gasteiger partial charge in [-0.05, 0) is 12.5 Å². The molecule has 0 bridgehead atoms. The van der Waals surface area contributed by atoms with Gasteiger partial charge in [0, 0.05) is 12.7 Å². The number of ether oxygens (including phenoxy) is 1. The maximum Gasteiger partial charge on any atom is 0.360 e. The first-order chi connectivity index (χ1) is 8.02. The number of alkyl halides is 2. The van der Waals surface area contributed by atoms with Gasteiger partial charge in [-0.2, -0.15) is 0 Å². The average molecular weight is 246 g/mol. The molecule has 3 N–H and O–H groups in total. The van der Waals surface area contributed by atoms with Crippen molar-refractivity contribution in [2.45, 2.75) is 19.9 Å². The highest BCUT2D eigenvalue weighted by Crippen LogP contribution is 2.33. The lowest BCUT2D eigenvalue weighted by Crippen LogP contribution is -2.11. The summed E-state index contributed by atoms with van der Waals surface area (Å²) in [6.45, 7) is 1.41. The number of pyridine rings is 1. The molecule has 0 atom stereocenters. The Balaban J connectivity index is 3.27. The summed E-state index contributed by atoms with van der Waals surface area (Å²) < 4.78 is 30.0. The molecule has 0 fully saturated rings. The fourth-order valence-electron chi connectivity index (χ4n) is 1.31. The molecule has 1 heterocycles. The number of esters is 1. The molecule has 0 amide bonds. The highest BCUT2D eigenvalue weighted by molar-refractivity contribution is 5.90. The van der Waals surface area contributed by atoms with Crippen molar-refractivity contribution in [3.63, 3.8) is 0 Å². The fourth-order valence-corrected chi connectivity index (χ4v) is 1.31. The highest BCUT2D eigenvalue weighted by Gasteiger charge is 2.25. The normalized spacial score (nSPS) is 10.6. The van der Waals surface area contributed by atoms with E-state index in [1.807, 2.05) is 0 Å². The summed E-state index contributed by atoms with van der Waals surface area (Å²) in [5.74, 6) is -1.82. The Morgan fingerprint density at radius 2 is 2.29 bits per heavy atom. The van der Waals surface area contributed by atoms with Gasteiger partial charge in [-0.15, -0.1) is 0 Å². The van der Waals surface area contributed by atoms with E-state index in [1.165, 1.54) is 0 Å². The third-order valence-electron chi connectivity index (χ3n) is 2.08. The molecule has 1 aromatic heterocycles. The Morgan fingerprint density at radius 1 is 1.65 bits per heavy atom. The molecule has 0 unspecified atom stereocenters. The first kappa shape index (κ1) is 13.3. The quantitative estimate of drug-likeness (QED) is 0.783. The molecular formula is C10H12F2N2O3. The van der Waals surface area contributed by atoms with Gasteiger partial charge >= 0.3 is 5.97 Å². The van der Waals surface area contributed by atoms with Crippen molar-refractivity contribution in [3.05, 3.63) is 23.0 Å². The topological polar surface area (TPSA) is 85.4 Å². The maximum atomic E-state index is 12.7. The predicted octanol–water partition coefficient (Wildman–Crippen LogP) is 1.36. The van der Waals surface area contributed by atoms with Crippen molar-refractivity contribution < 1.29 is 23.4 Å². The Hall–Kier alpha value is -1.76. The molecule has 7 heteroatoms. The second kappa shape index (κ2) is 5.53. The SMILES string of the molecule is CCOC(=O)c1ncc(CN)c(C(F)F)c1O. The number of hydrogen-bond donors (Lipinski definition) is 2. The van der Waals surface area contributed by atoms with E-state index in [4.69, 9.17) is 5.73 Å². The van der Waals surface area contributed by atoms with Gasteiger partial charge in [0.2, 0.25) is 0 Å². The number of carbonyl (C=O) groups is 1. The number of aromatic nitrogens is 1. The summed E-state index contributed by atoms with van der Waals surface area (Å²) >= 11 is 0. The number of rotatable bonds is 4. The lowest BCUT2D eigenvalue weighted by molar-refractivity contribution is 0.0514. The van der Waals surface area contributed by atoms with Crippen LogP contribution in [0.15, 0.2) is 6.20 Å². The van der Waals surface area contributed by atoms with Crippen LogP contribution in [0.3, 0.4) is 0 Å². The molecule has 0 radical (unpaired) electrons. The van der Waals surface area contributed by atoms with Crippen molar-refractivity contribution in [2.24, 2.45) is 5.73 Å². The molecule has 5 nitrogen and oxygen atoms in total. The van der Waals surface area contributed by atoms with Crippen molar-refractivity contribution in [2.75, 3.05) is 6.61 Å². The number of halogens is 2. The molecule has 0 aliphatic carbocycles. The van der Waals surface area contributed by atoms with Gasteiger partial charge in [0.25, 0.3) is 6.43 Å². The zero-order valence-corrected chi connectivity index (χ0v) is 9.11. The van der Waals surface area contributed by atoms with Gasteiger partial charge in [-0.25, -0.2) is 18.6 Å². The molecule has 1 aromatic rings. The van der Waals surface area contributed by atoms with E-state index in [0.717, 1.165) is 6.20 Å². The zero-order chi connectivity index (χ0) is 13.0. The number of hydrogen-bond acceptors (Lipinski definition) is 5. The van der Waals surface area contributed by atoms with Gasteiger partial charge < -0.3 is 15.6 Å². The van der Waals surface area contributed by atoms with Crippen molar-refractivity contribution in [1.82, 2.24) is 4.98 Å². The van der Waals surface area contributed by atoms with Crippen molar-refractivity contribution in [1.29, 1.82) is 0 Å². The van der Waals surface area contributed by atoms with E-state index in [-0.39, 0.29) is 18.7 Å². The van der Waals surface area contributed by atoms with E-state index in [9.17, 15) is 18.7 Å². The van der Waals surface area contributed by atoms with Crippen LogP contribution in [0.25, 0.3) is 0 Å². The molecule has 1 rings (SSSR count). The third-order valence-corrected chi connectivity index (χ3v) is 2.08. The van der Waals surface area contributed by atoms with E-state index >= 15 is 0 Å². The Kier molecular flexibility index (Phi) is 4.33. The summed E-state index contributed by atoms with van der Waals surface area (Å²) in [4.78, 5) is 14.9. The van der Waals surface area contributed by atoms with Crippen molar-refractivity contribution in [3.8, 4) is 5.75 Å². The van der Waals surface area contributed by atoms with E-state index in [1.54, 1.807) is 6.92 Å². The van der Waals surface area contributed by atoms with E-state index in [0.29, 0.717) is 0 Å². The minimum Gasteiger partial charge on any atom is -0.505 e. The minimum absolute atomic E-state index is 0.00875. The second-order valence-corrected chi connectivity index (χ2v) is 3.12. The second-order valence-electron chi connectivity index (χ2n) is 3.12. The first-order valence-electron chi connectivity index (χ1n) is 4.89. The number of nitrogens with zero attached hydrogens (tertiary/aromatic N) is 1. The first-order valence-corrected chi connectivity index (χ1v) is 4.89. The summed E-state index contributed by atoms with van der Waals surface area (Å²) in [7, 11) is 0. The Bertz CT molecular complexity index is 424. The summed E-state index contributed by atoms with van der Waals surface area (Å²) in [5.41, 5.74) is 4.03. The Morgan fingerprint density at radius 3 is 2.76 bits per heavy atom. The van der Waals surface area contributed by atoms with Crippen LogP contribution in [0.4, 0.5) is 8.78 Å². The molecule has 17 heavy (non-hydrogen) atoms. The lowest BCUT2D eigenvalue weighted by Gasteiger charge is -2.11.